The van der Waals surface area contributed by atoms with Crippen LogP contribution >= 0.6 is 31.9 Å². The fraction of sp³-hybridized carbons (Fsp3) is 0.0625. The van der Waals surface area contributed by atoms with Gasteiger partial charge in [0.2, 0.25) is 0 Å². The number of benzene rings is 2. The minimum atomic E-state index is 0.762. The van der Waals surface area contributed by atoms with E-state index in [9.17, 15) is 0 Å². The number of hydrogen-bond donors (Lipinski definition) is 0. The summed E-state index contributed by atoms with van der Waals surface area (Å²) in [4.78, 5) is 0. The van der Waals surface area contributed by atoms with E-state index in [0.29, 0.717) is 0 Å². The van der Waals surface area contributed by atoms with Gasteiger partial charge >= 0.3 is 0 Å². The predicted molar refractivity (Wildman–Crippen MR) is 88.6 cm³/mol. The lowest BCUT2D eigenvalue weighted by atomic mass is 10.1. The van der Waals surface area contributed by atoms with Crippen molar-refractivity contribution < 1.29 is 0 Å². The summed E-state index contributed by atoms with van der Waals surface area (Å²) in [5.74, 6) is 0. The fourth-order valence-corrected chi connectivity index (χ4v) is 2.72. The first kappa shape index (κ1) is 13.6. The van der Waals surface area contributed by atoms with Gasteiger partial charge < -0.3 is 0 Å². The average molecular weight is 392 g/mol. The highest BCUT2D eigenvalue weighted by molar-refractivity contribution is 9.10. The van der Waals surface area contributed by atoms with Crippen LogP contribution in [0.1, 0.15) is 5.56 Å². The highest BCUT2D eigenvalue weighted by Gasteiger charge is 2.04. The van der Waals surface area contributed by atoms with Crippen LogP contribution in [-0.4, -0.2) is 9.78 Å². The third kappa shape index (κ3) is 3.02. The van der Waals surface area contributed by atoms with Gasteiger partial charge in [-0.3, -0.25) is 4.68 Å². The van der Waals surface area contributed by atoms with Crippen LogP contribution < -0.4 is 0 Å². The van der Waals surface area contributed by atoms with E-state index >= 15 is 0 Å². The van der Waals surface area contributed by atoms with Crippen LogP contribution in [0.2, 0.25) is 0 Å². The van der Waals surface area contributed by atoms with Crippen LogP contribution in [0.15, 0.2) is 69.9 Å². The summed E-state index contributed by atoms with van der Waals surface area (Å²) in [5.41, 5.74) is 3.52. The van der Waals surface area contributed by atoms with Crippen molar-refractivity contribution in [3.05, 3.63) is 75.4 Å². The summed E-state index contributed by atoms with van der Waals surface area (Å²) in [5, 5.41) is 4.44. The van der Waals surface area contributed by atoms with Gasteiger partial charge in [0.25, 0.3) is 0 Å². The Morgan fingerprint density at radius 3 is 2.40 bits per heavy atom. The molecule has 0 spiro atoms. The van der Waals surface area contributed by atoms with E-state index < -0.39 is 0 Å². The van der Waals surface area contributed by atoms with Gasteiger partial charge in [-0.25, -0.2) is 0 Å². The zero-order chi connectivity index (χ0) is 13.9. The largest absolute Gasteiger partial charge is 0.268 e. The SMILES string of the molecule is Brc1ccc(-c2cnn(Cc3ccccc3Br)c2)cc1. The molecule has 3 aromatic rings. The first-order valence-electron chi connectivity index (χ1n) is 6.24. The first-order chi connectivity index (χ1) is 9.72. The van der Waals surface area contributed by atoms with Crippen molar-refractivity contribution in [2.24, 2.45) is 0 Å². The van der Waals surface area contributed by atoms with E-state index in [4.69, 9.17) is 0 Å². The van der Waals surface area contributed by atoms with Crippen LogP contribution in [0.25, 0.3) is 11.1 Å². The lowest BCUT2D eigenvalue weighted by Gasteiger charge is -2.04. The Balaban J connectivity index is 1.84. The molecule has 0 radical (unpaired) electrons. The first-order valence-corrected chi connectivity index (χ1v) is 7.83. The zero-order valence-electron chi connectivity index (χ0n) is 10.6. The molecule has 2 nitrogen and oxygen atoms in total. The third-order valence-corrected chi connectivity index (χ3v) is 4.40. The molecule has 0 fully saturated rings. The fourth-order valence-electron chi connectivity index (χ4n) is 2.04. The van der Waals surface area contributed by atoms with Crippen LogP contribution in [-0.2, 0) is 6.54 Å². The summed E-state index contributed by atoms with van der Waals surface area (Å²) in [6, 6.07) is 16.5. The molecule has 0 saturated carbocycles. The van der Waals surface area contributed by atoms with Crippen molar-refractivity contribution in [2.75, 3.05) is 0 Å². The molecule has 0 aliphatic rings. The highest BCUT2D eigenvalue weighted by Crippen LogP contribution is 2.22. The number of rotatable bonds is 3. The Morgan fingerprint density at radius 1 is 0.900 bits per heavy atom. The van der Waals surface area contributed by atoms with Crippen LogP contribution in [0, 0.1) is 0 Å². The van der Waals surface area contributed by atoms with Crippen molar-refractivity contribution in [3.63, 3.8) is 0 Å². The maximum absolute atomic E-state index is 4.44. The monoisotopic (exact) mass is 390 g/mol. The number of hydrogen-bond acceptors (Lipinski definition) is 1. The lowest BCUT2D eigenvalue weighted by Crippen LogP contribution is -2.00. The molecule has 0 amide bonds. The van der Waals surface area contributed by atoms with E-state index in [-0.39, 0.29) is 0 Å². The normalized spacial score (nSPS) is 10.7. The third-order valence-electron chi connectivity index (χ3n) is 3.10. The Kier molecular flexibility index (Phi) is 4.03. The van der Waals surface area contributed by atoms with Gasteiger partial charge in [0.1, 0.15) is 0 Å². The molecule has 0 N–H and O–H groups in total. The summed E-state index contributed by atoms with van der Waals surface area (Å²) in [7, 11) is 0. The van der Waals surface area contributed by atoms with Gasteiger partial charge in [-0.05, 0) is 29.3 Å². The molecule has 0 aliphatic heterocycles. The molecule has 1 aromatic heterocycles. The number of halogens is 2. The zero-order valence-corrected chi connectivity index (χ0v) is 13.8. The Hall–Kier alpha value is -1.39. The standard InChI is InChI=1S/C16H12Br2N2/c17-15-7-5-12(6-8-15)14-9-19-20(11-14)10-13-3-1-2-4-16(13)18/h1-9,11H,10H2. The maximum Gasteiger partial charge on any atom is 0.0670 e. The molecule has 20 heavy (non-hydrogen) atoms. The molecule has 0 unspecified atom stereocenters. The Morgan fingerprint density at radius 2 is 1.65 bits per heavy atom. The minimum absolute atomic E-state index is 0.762. The minimum Gasteiger partial charge on any atom is -0.268 e. The van der Waals surface area contributed by atoms with E-state index in [2.05, 4.69) is 67.4 Å². The van der Waals surface area contributed by atoms with E-state index in [0.717, 1.165) is 21.1 Å². The van der Waals surface area contributed by atoms with E-state index in [1.54, 1.807) is 0 Å². The average Bonchev–Trinajstić information content (AvgIpc) is 2.91. The quantitative estimate of drug-likeness (QED) is 0.605. The summed E-state index contributed by atoms with van der Waals surface area (Å²) in [6.07, 6.45) is 3.97. The lowest BCUT2D eigenvalue weighted by molar-refractivity contribution is 0.685. The summed E-state index contributed by atoms with van der Waals surface area (Å²) >= 11 is 7.02. The van der Waals surface area contributed by atoms with Crippen LogP contribution in [0.3, 0.4) is 0 Å². The molecular weight excluding hydrogens is 380 g/mol. The molecule has 3 rings (SSSR count). The number of nitrogens with zero attached hydrogens (tertiary/aromatic N) is 2. The summed E-state index contributed by atoms with van der Waals surface area (Å²) in [6.45, 7) is 0.762. The second-order valence-corrected chi connectivity index (χ2v) is 6.29. The summed E-state index contributed by atoms with van der Waals surface area (Å²) < 4.78 is 4.15. The molecular formula is C16H12Br2N2. The van der Waals surface area contributed by atoms with Gasteiger partial charge in [0.05, 0.1) is 12.7 Å². The predicted octanol–water partition coefficient (Wildman–Crippen LogP) is 5.12. The molecule has 0 aliphatic carbocycles. The molecule has 2 aromatic carbocycles. The Labute approximate surface area is 134 Å². The second-order valence-electron chi connectivity index (χ2n) is 4.52. The van der Waals surface area contributed by atoms with Gasteiger partial charge in [-0.2, -0.15) is 5.10 Å². The Bertz CT molecular complexity index is 717. The molecule has 0 bridgehead atoms. The van der Waals surface area contributed by atoms with E-state index in [1.165, 1.54) is 11.1 Å². The molecule has 100 valence electrons. The van der Waals surface area contributed by atoms with Gasteiger partial charge in [0.15, 0.2) is 0 Å². The molecule has 1 heterocycles. The van der Waals surface area contributed by atoms with Crippen LogP contribution in [0.4, 0.5) is 0 Å². The van der Waals surface area contributed by atoms with Gasteiger partial charge in [0, 0.05) is 20.7 Å². The highest BCUT2D eigenvalue weighted by atomic mass is 79.9. The van der Waals surface area contributed by atoms with Gasteiger partial charge in [-0.1, -0.05) is 62.2 Å². The maximum atomic E-state index is 4.44. The molecule has 0 atom stereocenters. The van der Waals surface area contributed by atoms with Crippen molar-refractivity contribution in [1.29, 1.82) is 0 Å². The van der Waals surface area contributed by atoms with Crippen molar-refractivity contribution in [3.8, 4) is 11.1 Å². The second kappa shape index (κ2) is 5.94. The topological polar surface area (TPSA) is 17.8 Å². The van der Waals surface area contributed by atoms with Crippen LogP contribution in [0.5, 0.6) is 0 Å². The van der Waals surface area contributed by atoms with Gasteiger partial charge in [-0.15, -0.1) is 0 Å². The van der Waals surface area contributed by atoms with Crippen molar-refractivity contribution in [2.45, 2.75) is 6.54 Å². The van der Waals surface area contributed by atoms with Crippen molar-refractivity contribution in [1.82, 2.24) is 9.78 Å². The van der Waals surface area contributed by atoms with E-state index in [1.807, 2.05) is 35.1 Å². The molecule has 0 saturated heterocycles. The smallest absolute Gasteiger partial charge is 0.0670 e. The van der Waals surface area contributed by atoms with Crippen molar-refractivity contribution >= 4 is 31.9 Å². The molecule has 4 heteroatoms. The number of aromatic nitrogens is 2.